The third-order valence-electron chi connectivity index (χ3n) is 4.55. The summed E-state index contributed by atoms with van der Waals surface area (Å²) in [4.78, 5) is 47.8. The molecule has 0 unspecified atom stereocenters. The molecule has 0 radical (unpaired) electrons. The summed E-state index contributed by atoms with van der Waals surface area (Å²) in [6.45, 7) is 0.525. The molecule has 1 aliphatic heterocycles. The number of Topliss-reactive ketones (excluding diaryl/α,β-unsaturated/α-hetero) is 2. The highest BCUT2D eigenvalue weighted by molar-refractivity contribution is 5.99. The molecule has 0 saturated heterocycles. The van der Waals surface area contributed by atoms with Crippen molar-refractivity contribution in [3.63, 3.8) is 0 Å². The summed E-state index contributed by atoms with van der Waals surface area (Å²) in [5.41, 5.74) is 0.912. The minimum atomic E-state index is -0.605. The topological polar surface area (TPSA) is 108 Å². The molecule has 0 bridgehead atoms. The number of nitrogens with one attached hydrogen (secondary N) is 1. The first kappa shape index (κ1) is 22.0. The van der Waals surface area contributed by atoms with Gasteiger partial charge in [-0.15, -0.1) is 0 Å². The van der Waals surface area contributed by atoms with Gasteiger partial charge in [0, 0.05) is 30.5 Å². The lowest BCUT2D eigenvalue weighted by atomic mass is 10.1. The predicted octanol–water partition coefficient (Wildman–Crippen LogP) is 2.35. The molecule has 31 heavy (non-hydrogen) atoms. The van der Waals surface area contributed by atoms with Gasteiger partial charge in [0.15, 0.2) is 29.7 Å². The van der Waals surface area contributed by atoms with Gasteiger partial charge in [-0.2, -0.15) is 0 Å². The zero-order valence-electron chi connectivity index (χ0n) is 16.9. The van der Waals surface area contributed by atoms with E-state index >= 15 is 0 Å². The van der Waals surface area contributed by atoms with Crippen LogP contribution in [0.2, 0.25) is 0 Å². The van der Waals surface area contributed by atoms with Gasteiger partial charge in [0.05, 0.1) is 6.42 Å². The SMILES string of the molecule is O=C(CCC(=O)c1ccccc1)NCCC(=O)OCC(=O)c1ccc2c(c1)OCCO2. The third-order valence-corrected chi connectivity index (χ3v) is 4.55. The molecule has 8 heteroatoms. The van der Waals surface area contributed by atoms with Crippen LogP contribution in [0.25, 0.3) is 0 Å². The maximum absolute atomic E-state index is 12.2. The molecular weight excluding hydrogens is 402 g/mol. The van der Waals surface area contributed by atoms with Crippen molar-refractivity contribution in [2.24, 2.45) is 0 Å². The molecule has 2 aromatic carbocycles. The first-order chi connectivity index (χ1) is 15.0. The standard InChI is InChI=1S/C23H23NO7/c25-18(16-4-2-1-3-5-16)7-9-22(27)24-11-10-23(28)31-15-19(26)17-6-8-20-21(14-17)30-13-12-29-20/h1-6,8,14H,7,9-13,15H2,(H,24,27). The van der Waals surface area contributed by atoms with E-state index in [0.717, 1.165) is 0 Å². The Morgan fingerprint density at radius 1 is 0.806 bits per heavy atom. The van der Waals surface area contributed by atoms with E-state index in [1.54, 1.807) is 42.5 Å². The van der Waals surface area contributed by atoms with E-state index in [4.69, 9.17) is 14.2 Å². The number of carbonyl (C=O) groups is 4. The fraction of sp³-hybridized carbons (Fsp3) is 0.304. The Bertz CT molecular complexity index is 956. The third kappa shape index (κ3) is 6.67. The molecule has 1 amide bonds. The second-order valence-corrected chi connectivity index (χ2v) is 6.83. The summed E-state index contributed by atoms with van der Waals surface area (Å²) >= 11 is 0. The zero-order valence-corrected chi connectivity index (χ0v) is 16.9. The van der Waals surface area contributed by atoms with Gasteiger partial charge < -0.3 is 19.5 Å². The van der Waals surface area contributed by atoms with Crippen LogP contribution in [-0.2, 0) is 14.3 Å². The average molecular weight is 425 g/mol. The summed E-state index contributed by atoms with van der Waals surface area (Å²) in [5, 5.41) is 2.57. The fourth-order valence-corrected chi connectivity index (χ4v) is 2.91. The molecule has 0 aliphatic carbocycles. The van der Waals surface area contributed by atoms with Gasteiger partial charge in [-0.25, -0.2) is 0 Å². The van der Waals surface area contributed by atoms with Crippen LogP contribution in [0.1, 0.15) is 40.0 Å². The normalized spacial score (nSPS) is 12.0. The van der Waals surface area contributed by atoms with E-state index in [9.17, 15) is 19.2 Å². The van der Waals surface area contributed by atoms with Crippen LogP contribution in [-0.4, -0.2) is 49.8 Å². The summed E-state index contributed by atoms with van der Waals surface area (Å²) in [5.74, 6) is -0.365. The van der Waals surface area contributed by atoms with Gasteiger partial charge in [-0.05, 0) is 18.2 Å². The van der Waals surface area contributed by atoms with Gasteiger partial charge >= 0.3 is 5.97 Å². The molecule has 0 aromatic heterocycles. The molecular formula is C23H23NO7. The highest BCUT2D eigenvalue weighted by atomic mass is 16.6. The van der Waals surface area contributed by atoms with Crippen molar-refractivity contribution in [3.05, 3.63) is 59.7 Å². The lowest BCUT2D eigenvalue weighted by Crippen LogP contribution is -2.27. The quantitative estimate of drug-likeness (QED) is 0.460. The number of hydrogen-bond acceptors (Lipinski definition) is 7. The molecule has 8 nitrogen and oxygen atoms in total. The summed E-state index contributed by atoms with van der Waals surface area (Å²) < 4.78 is 15.8. The van der Waals surface area contributed by atoms with Crippen molar-refractivity contribution >= 4 is 23.4 Å². The number of carbonyl (C=O) groups excluding carboxylic acids is 4. The van der Waals surface area contributed by atoms with Crippen LogP contribution in [0.5, 0.6) is 11.5 Å². The Kier molecular flexibility index (Phi) is 7.75. The Morgan fingerprint density at radius 2 is 1.55 bits per heavy atom. The van der Waals surface area contributed by atoms with Crippen LogP contribution in [0.4, 0.5) is 0 Å². The van der Waals surface area contributed by atoms with Crippen LogP contribution < -0.4 is 14.8 Å². The van der Waals surface area contributed by atoms with Crippen molar-refractivity contribution in [1.29, 1.82) is 0 Å². The minimum absolute atomic E-state index is 0.0331. The first-order valence-electron chi connectivity index (χ1n) is 9.96. The Balaban J connectivity index is 1.32. The van der Waals surface area contributed by atoms with E-state index in [0.29, 0.717) is 35.8 Å². The number of esters is 1. The van der Waals surface area contributed by atoms with Gasteiger partial charge in [0.2, 0.25) is 5.91 Å². The van der Waals surface area contributed by atoms with Crippen molar-refractivity contribution in [3.8, 4) is 11.5 Å². The van der Waals surface area contributed by atoms with Crippen molar-refractivity contribution in [2.45, 2.75) is 19.3 Å². The summed E-state index contributed by atoms with van der Waals surface area (Å²) in [6.07, 6.45) is 0.0441. The number of rotatable bonds is 10. The smallest absolute Gasteiger partial charge is 0.308 e. The largest absolute Gasteiger partial charge is 0.486 e. The second kappa shape index (κ2) is 10.9. The van der Waals surface area contributed by atoms with E-state index in [-0.39, 0.29) is 43.3 Å². The number of hydrogen-bond donors (Lipinski definition) is 1. The Labute approximate surface area is 179 Å². The number of amides is 1. The Morgan fingerprint density at radius 3 is 2.32 bits per heavy atom. The van der Waals surface area contributed by atoms with Gasteiger partial charge in [0.25, 0.3) is 0 Å². The van der Waals surface area contributed by atoms with E-state index in [2.05, 4.69) is 5.32 Å². The average Bonchev–Trinajstić information content (AvgIpc) is 2.81. The molecule has 1 aliphatic rings. The number of ketones is 2. The second-order valence-electron chi connectivity index (χ2n) is 6.83. The minimum Gasteiger partial charge on any atom is -0.486 e. The van der Waals surface area contributed by atoms with Gasteiger partial charge in [-0.3, -0.25) is 19.2 Å². The maximum Gasteiger partial charge on any atom is 0.308 e. The van der Waals surface area contributed by atoms with Crippen LogP contribution in [0, 0.1) is 0 Å². The zero-order chi connectivity index (χ0) is 22.1. The molecule has 0 saturated carbocycles. The van der Waals surface area contributed by atoms with Crippen molar-refractivity contribution in [2.75, 3.05) is 26.4 Å². The summed E-state index contributed by atoms with van der Waals surface area (Å²) in [7, 11) is 0. The lowest BCUT2D eigenvalue weighted by molar-refractivity contribution is -0.142. The predicted molar refractivity (Wildman–Crippen MR) is 110 cm³/mol. The van der Waals surface area contributed by atoms with Crippen LogP contribution in [0.15, 0.2) is 48.5 Å². The monoisotopic (exact) mass is 425 g/mol. The highest BCUT2D eigenvalue weighted by Gasteiger charge is 2.16. The fourth-order valence-electron chi connectivity index (χ4n) is 2.91. The maximum atomic E-state index is 12.2. The number of fused-ring (bicyclic) bond motifs is 1. The molecule has 2 aromatic rings. The van der Waals surface area contributed by atoms with Gasteiger partial charge in [-0.1, -0.05) is 30.3 Å². The molecule has 0 fully saturated rings. The van der Waals surface area contributed by atoms with Crippen molar-refractivity contribution in [1.82, 2.24) is 5.32 Å². The first-order valence-corrected chi connectivity index (χ1v) is 9.96. The van der Waals surface area contributed by atoms with Gasteiger partial charge in [0.1, 0.15) is 13.2 Å². The molecule has 0 spiro atoms. The van der Waals surface area contributed by atoms with Crippen molar-refractivity contribution < 1.29 is 33.4 Å². The highest BCUT2D eigenvalue weighted by Crippen LogP contribution is 2.30. The number of ether oxygens (including phenoxy) is 3. The Hall–Kier alpha value is -3.68. The van der Waals surface area contributed by atoms with E-state index < -0.39 is 12.6 Å². The molecule has 162 valence electrons. The molecule has 1 heterocycles. The molecule has 1 N–H and O–H groups in total. The van der Waals surface area contributed by atoms with Crippen LogP contribution in [0.3, 0.4) is 0 Å². The van der Waals surface area contributed by atoms with Crippen LogP contribution >= 0.6 is 0 Å². The van der Waals surface area contributed by atoms with E-state index in [1.165, 1.54) is 0 Å². The molecule has 3 rings (SSSR count). The number of benzene rings is 2. The van der Waals surface area contributed by atoms with E-state index in [1.807, 2.05) is 6.07 Å². The lowest BCUT2D eigenvalue weighted by Gasteiger charge is -2.18. The molecule has 0 atom stereocenters. The summed E-state index contributed by atoms with van der Waals surface area (Å²) in [6, 6.07) is 13.5.